The highest BCUT2D eigenvalue weighted by Crippen LogP contribution is 2.25. The minimum absolute atomic E-state index is 0.0993. The van der Waals surface area contributed by atoms with Gasteiger partial charge in [-0.1, -0.05) is 18.2 Å². The lowest BCUT2D eigenvalue weighted by Gasteiger charge is -2.28. The van der Waals surface area contributed by atoms with Crippen LogP contribution in [0.4, 0.5) is 0 Å². The van der Waals surface area contributed by atoms with E-state index in [2.05, 4.69) is 17.6 Å². The van der Waals surface area contributed by atoms with E-state index in [0.717, 1.165) is 35.9 Å². The Bertz CT molecular complexity index is 632. The van der Waals surface area contributed by atoms with Gasteiger partial charge in [-0.25, -0.2) is 0 Å². The maximum absolute atomic E-state index is 12.4. The number of aryl methyl sites for hydroxylation is 1. The molecule has 1 aromatic carbocycles. The van der Waals surface area contributed by atoms with E-state index in [0.29, 0.717) is 11.8 Å². The van der Waals surface area contributed by atoms with Crippen LogP contribution in [0.3, 0.4) is 0 Å². The molecule has 1 fully saturated rings. The average molecular weight is 272 g/mol. The third kappa shape index (κ3) is 2.43. The second-order valence-corrected chi connectivity index (χ2v) is 5.60. The largest absolute Gasteiger partial charge is 0.451 e. The number of hydrogen-bond donors (Lipinski definition) is 2. The Morgan fingerprint density at radius 3 is 2.95 bits per heavy atom. The zero-order chi connectivity index (χ0) is 14.1. The van der Waals surface area contributed by atoms with Gasteiger partial charge in [0.2, 0.25) is 0 Å². The number of furan rings is 1. The molecule has 1 aliphatic heterocycles. The van der Waals surface area contributed by atoms with Crippen molar-refractivity contribution in [3.8, 4) is 0 Å². The molecule has 0 radical (unpaired) electrons. The van der Waals surface area contributed by atoms with Gasteiger partial charge in [-0.2, -0.15) is 0 Å². The second-order valence-electron chi connectivity index (χ2n) is 5.60. The van der Waals surface area contributed by atoms with E-state index < -0.39 is 0 Å². The van der Waals surface area contributed by atoms with Gasteiger partial charge in [0.05, 0.1) is 0 Å². The molecule has 106 valence electrons. The molecule has 1 aromatic heterocycles. The number of amides is 1. The summed E-state index contributed by atoms with van der Waals surface area (Å²) in [5.74, 6) is 0.343. The van der Waals surface area contributed by atoms with Gasteiger partial charge in [-0.3, -0.25) is 4.79 Å². The number of carbonyl (C=O) groups excluding carboxylic acids is 1. The number of nitrogens with one attached hydrogen (secondary N) is 2. The number of hydrogen-bond acceptors (Lipinski definition) is 3. The van der Waals surface area contributed by atoms with E-state index >= 15 is 0 Å². The quantitative estimate of drug-likeness (QED) is 0.883. The van der Waals surface area contributed by atoms with Gasteiger partial charge in [0.1, 0.15) is 5.58 Å². The van der Waals surface area contributed by atoms with E-state index in [1.807, 2.05) is 31.2 Å². The van der Waals surface area contributed by atoms with E-state index in [1.165, 1.54) is 0 Å². The summed E-state index contributed by atoms with van der Waals surface area (Å²) in [6, 6.07) is 8.43. The minimum Gasteiger partial charge on any atom is -0.451 e. The lowest BCUT2D eigenvalue weighted by atomic mass is 10.0. The smallest absolute Gasteiger partial charge is 0.287 e. The lowest BCUT2D eigenvalue weighted by molar-refractivity contribution is 0.0899. The van der Waals surface area contributed by atoms with Crippen LogP contribution in [-0.4, -0.2) is 24.5 Å². The van der Waals surface area contributed by atoms with Crippen LogP contribution in [0.5, 0.6) is 0 Å². The SMILES string of the molecule is Cc1c(C(=O)NC2CCNC(C)C2)oc2ccccc12. The highest BCUT2D eigenvalue weighted by Gasteiger charge is 2.23. The number of para-hydroxylation sites is 1. The van der Waals surface area contributed by atoms with E-state index in [1.54, 1.807) is 0 Å². The molecule has 0 bridgehead atoms. The molecule has 1 amide bonds. The average Bonchev–Trinajstić information content (AvgIpc) is 2.77. The second kappa shape index (κ2) is 5.29. The number of piperidine rings is 1. The zero-order valence-corrected chi connectivity index (χ0v) is 11.9. The summed E-state index contributed by atoms with van der Waals surface area (Å²) in [5, 5.41) is 7.49. The number of fused-ring (bicyclic) bond motifs is 1. The predicted molar refractivity (Wildman–Crippen MR) is 78.9 cm³/mol. The van der Waals surface area contributed by atoms with Crippen molar-refractivity contribution in [1.82, 2.24) is 10.6 Å². The molecule has 3 rings (SSSR count). The molecule has 2 aromatic rings. The van der Waals surface area contributed by atoms with Crippen LogP contribution in [0.2, 0.25) is 0 Å². The first-order valence-electron chi connectivity index (χ1n) is 7.17. The van der Waals surface area contributed by atoms with Crippen molar-refractivity contribution >= 4 is 16.9 Å². The van der Waals surface area contributed by atoms with Crippen LogP contribution in [0, 0.1) is 6.92 Å². The normalized spacial score (nSPS) is 22.9. The molecule has 1 saturated heterocycles. The van der Waals surface area contributed by atoms with E-state index in [-0.39, 0.29) is 11.9 Å². The van der Waals surface area contributed by atoms with Gasteiger partial charge in [0.25, 0.3) is 5.91 Å². The Labute approximate surface area is 118 Å². The van der Waals surface area contributed by atoms with E-state index in [9.17, 15) is 4.79 Å². The fourth-order valence-corrected chi connectivity index (χ4v) is 2.90. The summed E-state index contributed by atoms with van der Waals surface area (Å²) in [6.07, 6.45) is 1.93. The molecule has 4 heteroatoms. The number of rotatable bonds is 2. The van der Waals surface area contributed by atoms with Crippen LogP contribution in [-0.2, 0) is 0 Å². The Morgan fingerprint density at radius 2 is 2.20 bits per heavy atom. The summed E-state index contributed by atoms with van der Waals surface area (Å²) in [6.45, 7) is 5.03. The maximum Gasteiger partial charge on any atom is 0.287 e. The van der Waals surface area contributed by atoms with Crippen molar-refractivity contribution in [3.05, 3.63) is 35.6 Å². The molecule has 4 nitrogen and oxygen atoms in total. The monoisotopic (exact) mass is 272 g/mol. The molecule has 20 heavy (non-hydrogen) atoms. The third-order valence-electron chi connectivity index (χ3n) is 4.01. The first-order valence-corrected chi connectivity index (χ1v) is 7.17. The maximum atomic E-state index is 12.4. The van der Waals surface area contributed by atoms with Gasteiger partial charge < -0.3 is 15.1 Å². The summed E-state index contributed by atoms with van der Waals surface area (Å²) in [4.78, 5) is 12.4. The van der Waals surface area contributed by atoms with Crippen molar-refractivity contribution in [2.75, 3.05) is 6.54 Å². The van der Waals surface area contributed by atoms with Gasteiger partial charge in [0, 0.05) is 23.0 Å². The van der Waals surface area contributed by atoms with Crippen molar-refractivity contribution < 1.29 is 9.21 Å². The van der Waals surface area contributed by atoms with Crippen LogP contribution < -0.4 is 10.6 Å². The number of benzene rings is 1. The zero-order valence-electron chi connectivity index (χ0n) is 11.9. The van der Waals surface area contributed by atoms with Crippen molar-refractivity contribution in [1.29, 1.82) is 0 Å². The Hall–Kier alpha value is -1.81. The summed E-state index contributed by atoms with van der Waals surface area (Å²) >= 11 is 0. The lowest BCUT2D eigenvalue weighted by Crippen LogP contribution is -2.46. The highest BCUT2D eigenvalue weighted by molar-refractivity contribution is 5.99. The van der Waals surface area contributed by atoms with Crippen LogP contribution in [0.15, 0.2) is 28.7 Å². The topological polar surface area (TPSA) is 54.3 Å². The van der Waals surface area contributed by atoms with Crippen LogP contribution in [0.25, 0.3) is 11.0 Å². The Morgan fingerprint density at radius 1 is 1.40 bits per heavy atom. The minimum atomic E-state index is -0.0993. The fraction of sp³-hybridized carbons (Fsp3) is 0.438. The van der Waals surface area contributed by atoms with Gasteiger partial charge in [0.15, 0.2) is 5.76 Å². The first kappa shape index (κ1) is 13.2. The van der Waals surface area contributed by atoms with Gasteiger partial charge in [-0.15, -0.1) is 0 Å². The molecule has 1 aliphatic rings. The molecule has 0 aliphatic carbocycles. The van der Waals surface area contributed by atoms with Crippen molar-refractivity contribution in [2.45, 2.75) is 38.8 Å². The molecule has 0 spiro atoms. The third-order valence-corrected chi connectivity index (χ3v) is 4.01. The Balaban J connectivity index is 1.80. The van der Waals surface area contributed by atoms with Crippen molar-refractivity contribution in [2.24, 2.45) is 0 Å². The van der Waals surface area contributed by atoms with Crippen molar-refractivity contribution in [3.63, 3.8) is 0 Å². The number of carbonyl (C=O) groups is 1. The molecule has 2 unspecified atom stereocenters. The fourth-order valence-electron chi connectivity index (χ4n) is 2.90. The van der Waals surface area contributed by atoms with Crippen LogP contribution in [0.1, 0.15) is 35.9 Å². The molecule has 2 N–H and O–H groups in total. The molecule has 2 heterocycles. The molecular weight excluding hydrogens is 252 g/mol. The highest BCUT2D eigenvalue weighted by atomic mass is 16.3. The first-order chi connectivity index (χ1) is 9.65. The molecular formula is C16H20N2O2. The van der Waals surface area contributed by atoms with Gasteiger partial charge in [-0.05, 0) is 39.3 Å². The summed E-state index contributed by atoms with van der Waals surface area (Å²) in [7, 11) is 0. The molecule has 2 atom stereocenters. The molecule has 0 saturated carbocycles. The van der Waals surface area contributed by atoms with Crippen LogP contribution >= 0.6 is 0 Å². The predicted octanol–water partition coefficient (Wildman–Crippen LogP) is 2.61. The van der Waals surface area contributed by atoms with E-state index in [4.69, 9.17) is 4.42 Å². The Kier molecular flexibility index (Phi) is 3.49. The summed E-state index contributed by atoms with van der Waals surface area (Å²) < 4.78 is 5.70. The van der Waals surface area contributed by atoms with Gasteiger partial charge >= 0.3 is 0 Å². The summed E-state index contributed by atoms with van der Waals surface area (Å²) in [5.41, 5.74) is 1.69. The standard InChI is InChI=1S/C16H20N2O2/c1-10-9-12(7-8-17-10)18-16(19)15-11(2)13-5-3-4-6-14(13)20-15/h3-6,10,12,17H,7-9H2,1-2H3,(H,18,19).